The van der Waals surface area contributed by atoms with Gasteiger partial charge in [-0.1, -0.05) is 4.49 Å². The van der Waals surface area contributed by atoms with Gasteiger partial charge in [-0.15, -0.1) is 5.10 Å². The molecule has 0 aliphatic carbocycles. The van der Waals surface area contributed by atoms with Crippen molar-refractivity contribution in [3.63, 3.8) is 0 Å². The summed E-state index contributed by atoms with van der Waals surface area (Å²) in [5.74, 6) is -0.193. The Hall–Kier alpha value is -1.95. The number of carbonyl (C=O) groups excluding carboxylic acids is 1. The molecular formula is C9H8N4OS. The molecule has 2 aromatic rings. The monoisotopic (exact) mass is 220 g/mol. The lowest BCUT2D eigenvalue weighted by atomic mass is 10.2. The van der Waals surface area contributed by atoms with Crippen LogP contribution < -0.4 is 11.1 Å². The van der Waals surface area contributed by atoms with Crippen LogP contribution in [0, 0.1) is 0 Å². The summed E-state index contributed by atoms with van der Waals surface area (Å²) in [6.45, 7) is 0. The molecule has 2 rings (SSSR count). The van der Waals surface area contributed by atoms with Crippen LogP contribution in [0.1, 0.15) is 10.4 Å². The van der Waals surface area contributed by atoms with Crippen LogP contribution in [0.25, 0.3) is 0 Å². The van der Waals surface area contributed by atoms with Crippen molar-refractivity contribution < 1.29 is 4.79 Å². The van der Waals surface area contributed by atoms with Gasteiger partial charge in [-0.3, -0.25) is 4.79 Å². The molecule has 1 amide bonds. The van der Waals surface area contributed by atoms with Crippen LogP contribution in [0.3, 0.4) is 0 Å². The maximum absolute atomic E-state index is 11.6. The maximum Gasteiger partial charge on any atom is 0.256 e. The van der Waals surface area contributed by atoms with E-state index in [0.717, 1.165) is 11.5 Å². The van der Waals surface area contributed by atoms with Crippen LogP contribution in [-0.2, 0) is 0 Å². The van der Waals surface area contributed by atoms with Crippen molar-refractivity contribution in [2.75, 3.05) is 11.1 Å². The van der Waals surface area contributed by atoms with Gasteiger partial charge >= 0.3 is 0 Å². The van der Waals surface area contributed by atoms with E-state index in [1.54, 1.807) is 24.3 Å². The van der Waals surface area contributed by atoms with Crippen LogP contribution in [-0.4, -0.2) is 15.5 Å². The molecule has 0 saturated heterocycles. The molecule has 1 heterocycles. The molecule has 0 radical (unpaired) electrons. The van der Waals surface area contributed by atoms with E-state index in [0.29, 0.717) is 16.3 Å². The first-order chi connectivity index (χ1) is 7.25. The molecule has 5 nitrogen and oxygen atoms in total. The van der Waals surface area contributed by atoms with Crippen LogP contribution in [0.2, 0.25) is 0 Å². The Balaban J connectivity index is 2.11. The van der Waals surface area contributed by atoms with Crippen molar-refractivity contribution in [3.8, 4) is 0 Å². The normalized spacial score (nSPS) is 9.87. The largest absolute Gasteiger partial charge is 0.399 e. The second kappa shape index (κ2) is 4.05. The van der Waals surface area contributed by atoms with Gasteiger partial charge in [0.2, 0.25) is 0 Å². The Morgan fingerprint density at radius 3 is 2.67 bits per heavy atom. The number of rotatable bonds is 2. The molecular weight excluding hydrogens is 212 g/mol. The van der Waals surface area contributed by atoms with Crippen molar-refractivity contribution in [1.82, 2.24) is 9.59 Å². The van der Waals surface area contributed by atoms with Gasteiger partial charge in [-0.05, 0) is 24.3 Å². The zero-order valence-electron chi connectivity index (χ0n) is 7.68. The van der Waals surface area contributed by atoms with Crippen LogP contribution in [0.5, 0.6) is 0 Å². The van der Waals surface area contributed by atoms with E-state index in [4.69, 9.17) is 5.73 Å². The van der Waals surface area contributed by atoms with E-state index in [1.807, 2.05) is 0 Å². The fraction of sp³-hybridized carbons (Fsp3) is 0. The van der Waals surface area contributed by atoms with Crippen LogP contribution >= 0.6 is 11.5 Å². The topological polar surface area (TPSA) is 80.9 Å². The van der Waals surface area contributed by atoms with Gasteiger partial charge in [0.15, 0.2) is 0 Å². The van der Waals surface area contributed by atoms with Crippen LogP contribution in [0.4, 0.5) is 10.7 Å². The van der Waals surface area contributed by atoms with Crippen molar-refractivity contribution in [2.45, 2.75) is 0 Å². The number of nitrogens with two attached hydrogens (primary N) is 1. The maximum atomic E-state index is 11.6. The van der Waals surface area contributed by atoms with E-state index in [-0.39, 0.29) is 5.91 Å². The number of nitrogens with zero attached hydrogens (tertiary/aromatic N) is 2. The number of nitrogens with one attached hydrogen (secondary N) is 1. The van der Waals surface area contributed by atoms with Gasteiger partial charge in [0.1, 0.15) is 5.00 Å². The van der Waals surface area contributed by atoms with Crippen molar-refractivity contribution in [3.05, 3.63) is 36.0 Å². The van der Waals surface area contributed by atoms with Crippen molar-refractivity contribution in [2.24, 2.45) is 0 Å². The summed E-state index contributed by atoms with van der Waals surface area (Å²) >= 11 is 1.13. The number of amides is 1. The van der Waals surface area contributed by atoms with E-state index in [2.05, 4.69) is 14.9 Å². The number of benzene rings is 1. The lowest BCUT2D eigenvalue weighted by molar-refractivity contribution is 0.102. The van der Waals surface area contributed by atoms with Gasteiger partial charge in [0, 0.05) is 22.8 Å². The van der Waals surface area contributed by atoms with Gasteiger partial charge in [-0.2, -0.15) is 0 Å². The van der Waals surface area contributed by atoms with E-state index in [9.17, 15) is 4.79 Å². The Morgan fingerprint density at radius 2 is 2.07 bits per heavy atom. The molecule has 3 N–H and O–H groups in total. The lowest BCUT2D eigenvalue weighted by Gasteiger charge is -2.01. The van der Waals surface area contributed by atoms with Gasteiger partial charge in [-0.25, -0.2) is 0 Å². The molecule has 6 heteroatoms. The number of hydrogen-bond donors (Lipinski definition) is 2. The minimum absolute atomic E-state index is 0.193. The fourth-order valence-electron chi connectivity index (χ4n) is 1.04. The molecule has 0 bridgehead atoms. The summed E-state index contributed by atoms with van der Waals surface area (Å²) < 4.78 is 3.64. The molecule has 0 spiro atoms. The Kier molecular flexibility index (Phi) is 2.59. The number of aromatic nitrogens is 2. The third-order valence-corrected chi connectivity index (χ3v) is 2.35. The molecule has 0 unspecified atom stereocenters. The second-order valence-corrected chi connectivity index (χ2v) is 3.64. The molecule has 0 aliphatic rings. The molecule has 76 valence electrons. The number of hydrogen-bond acceptors (Lipinski definition) is 5. The molecule has 1 aromatic carbocycles. The molecule has 0 saturated carbocycles. The average Bonchev–Trinajstić information content (AvgIpc) is 2.71. The minimum atomic E-state index is -0.193. The number of carbonyl (C=O) groups is 1. The van der Waals surface area contributed by atoms with Crippen molar-refractivity contribution >= 4 is 28.1 Å². The fourth-order valence-corrected chi connectivity index (χ4v) is 1.46. The third kappa shape index (κ3) is 2.29. The second-order valence-electron chi connectivity index (χ2n) is 2.86. The molecule has 0 fully saturated rings. The standard InChI is InChI=1S/C9H8N4OS/c10-7-3-1-6(2-4-7)9(14)12-8-5-11-13-15-8/h1-5H,10H2,(H,12,14). The van der Waals surface area contributed by atoms with Crippen molar-refractivity contribution in [1.29, 1.82) is 0 Å². The zero-order chi connectivity index (χ0) is 10.7. The predicted molar refractivity (Wildman–Crippen MR) is 58.7 cm³/mol. The summed E-state index contributed by atoms with van der Waals surface area (Å²) in [6.07, 6.45) is 1.50. The molecule has 0 aliphatic heterocycles. The molecule has 15 heavy (non-hydrogen) atoms. The number of anilines is 2. The minimum Gasteiger partial charge on any atom is -0.399 e. The number of nitrogen functional groups attached to an aromatic ring is 1. The highest BCUT2D eigenvalue weighted by Gasteiger charge is 2.06. The van der Waals surface area contributed by atoms with Gasteiger partial charge < -0.3 is 11.1 Å². The quantitative estimate of drug-likeness (QED) is 0.749. The first-order valence-electron chi connectivity index (χ1n) is 4.20. The first kappa shape index (κ1) is 9.60. The smallest absolute Gasteiger partial charge is 0.256 e. The third-order valence-electron chi connectivity index (χ3n) is 1.77. The Morgan fingerprint density at radius 1 is 1.33 bits per heavy atom. The summed E-state index contributed by atoms with van der Waals surface area (Å²) in [4.78, 5) is 11.6. The lowest BCUT2D eigenvalue weighted by Crippen LogP contribution is -2.10. The SMILES string of the molecule is Nc1ccc(C(=O)Nc2cnns2)cc1. The Labute approximate surface area is 90.1 Å². The first-order valence-corrected chi connectivity index (χ1v) is 4.97. The summed E-state index contributed by atoms with van der Waals surface area (Å²) in [7, 11) is 0. The summed E-state index contributed by atoms with van der Waals surface area (Å²) in [6, 6.07) is 6.69. The van der Waals surface area contributed by atoms with E-state index in [1.165, 1.54) is 6.20 Å². The Bertz CT molecular complexity index is 451. The van der Waals surface area contributed by atoms with Gasteiger partial charge in [0.05, 0.1) is 6.20 Å². The average molecular weight is 220 g/mol. The predicted octanol–water partition coefficient (Wildman–Crippen LogP) is 1.37. The van der Waals surface area contributed by atoms with Crippen LogP contribution in [0.15, 0.2) is 30.5 Å². The summed E-state index contributed by atoms with van der Waals surface area (Å²) in [5, 5.41) is 6.91. The molecule has 0 atom stereocenters. The zero-order valence-corrected chi connectivity index (χ0v) is 8.49. The van der Waals surface area contributed by atoms with E-state index < -0.39 is 0 Å². The molecule has 1 aromatic heterocycles. The van der Waals surface area contributed by atoms with E-state index >= 15 is 0 Å². The highest BCUT2D eigenvalue weighted by Crippen LogP contribution is 2.12. The highest BCUT2D eigenvalue weighted by molar-refractivity contribution is 7.10. The summed E-state index contributed by atoms with van der Waals surface area (Å²) in [5.41, 5.74) is 6.70. The highest BCUT2D eigenvalue weighted by atomic mass is 32.1. The van der Waals surface area contributed by atoms with Gasteiger partial charge in [0.25, 0.3) is 5.91 Å².